The number of carbonyl (C=O) groups excluding carboxylic acids is 1. The normalized spacial score (nSPS) is 16.3. The Bertz CT molecular complexity index is 975. The first-order valence-electron chi connectivity index (χ1n) is 9.92. The van der Waals surface area contributed by atoms with Crippen LogP contribution in [0.5, 0.6) is 0 Å². The lowest BCUT2D eigenvalue weighted by molar-refractivity contribution is 0.0901. The zero-order valence-corrected chi connectivity index (χ0v) is 18.0. The van der Waals surface area contributed by atoms with Crippen molar-refractivity contribution < 1.29 is 17.6 Å². The van der Waals surface area contributed by atoms with Crippen molar-refractivity contribution in [2.24, 2.45) is 0 Å². The quantitative estimate of drug-likeness (QED) is 0.645. The first kappa shape index (κ1) is 21.7. The minimum atomic E-state index is -3.65. The molecule has 158 valence electrons. The number of halogens is 1. The van der Waals surface area contributed by atoms with Crippen LogP contribution in [0, 0.1) is 19.7 Å². The van der Waals surface area contributed by atoms with Crippen molar-refractivity contribution in [3.8, 4) is 0 Å². The minimum absolute atomic E-state index is 0.0651. The van der Waals surface area contributed by atoms with E-state index in [0.717, 1.165) is 42.0 Å². The van der Waals surface area contributed by atoms with Crippen LogP contribution in [-0.2, 0) is 16.6 Å². The van der Waals surface area contributed by atoms with E-state index >= 15 is 0 Å². The highest BCUT2D eigenvalue weighted by Crippen LogP contribution is 2.20. The Morgan fingerprint density at radius 1 is 1.07 bits per heavy atom. The highest BCUT2D eigenvalue weighted by molar-refractivity contribution is 7.89. The van der Waals surface area contributed by atoms with Crippen LogP contribution in [0.3, 0.4) is 0 Å². The molecule has 0 aliphatic carbocycles. The molecule has 8 heteroatoms. The summed E-state index contributed by atoms with van der Waals surface area (Å²) >= 11 is 0. The molecule has 2 heterocycles. The van der Waals surface area contributed by atoms with Crippen molar-refractivity contribution in [3.05, 3.63) is 53.1 Å². The number of carbonyl (C=O) groups is 1. The van der Waals surface area contributed by atoms with Crippen molar-refractivity contribution in [2.75, 3.05) is 32.7 Å². The number of hydrogen-bond acceptors (Lipinski definition) is 4. The summed E-state index contributed by atoms with van der Waals surface area (Å²) in [6, 6.07) is 6.81. The lowest BCUT2D eigenvalue weighted by Crippen LogP contribution is -2.49. The second-order valence-corrected chi connectivity index (χ2v) is 9.43. The maximum atomic E-state index is 13.1. The van der Waals surface area contributed by atoms with Crippen LogP contribution in [0.4, 0.5) is 4.39 Å². The Labute approximate surface area is 172 Å². The van der Waals surface area contributed by atoms with Crippen molar-refractivity contribution in [1.82, 2.24) is 13.8 Å². The summed E-state index contributed by atoms with van der Waals surface area (Å²) in [4.78, 5) is 14.9. The Morgan fingerprint density at radius 3 is 2.28 bits per heavy atom. The molecule has 2 aromatic rings. The van der Waals surface area contributed by atoms with Crippen LogP contribution in [0.1, 0.15) is 35.1 Å². The number of sulfonamides is 1. The molecule has 1 aliphatic rings. The van der Waals surface area contributed by atoms with Gasteiger partial charge in [-0.15, -0.1) is 0 Å². The molecule has 0 atom stereocenters. The van der Waals surface area contributed by atoms with E-state index in [0.29, 0.717) is 26.2 Å². The second kappa shape index (κ2) is 8.77. The van der Waals surface area contributed by atoms with Gasteiger partial charge in [-0.1, -0.05) is 6.92 Å². The second-order valence-electron chi connectivity index (χ2n) is 7.49. The van der Waals surface area contributed by atoms with Crippen LogP contribution in [0.15, 0.2) is 35.2 Å². The number of piperazine rings is 1. The molecule has 1 saturated heterocycles. The number of nitrogens with zero attached hydrogens (tertiary/aromatic N) is 3. The number of hydrogen-bond donors (Lipinski definition) is 0. The molecule has 0 radical (unpaired) electrons. The van der Waals surface area contributed by atoms with E-state index in [1.807, 2.05) is 24.8 Å². The molecule has 0 bridgehead atoms. The summed E-state index contributed by atoms with van der Waals surface area (Å²) in [5.74, 6) is -0.402. The Kier molecular flexibility index (Phi) is 6.55. The third-order valence-corrected chi connectivity index (χ3v) is 7.38. The van der Waals surface area contributed by atoms with Gasteiger partial charge in [0.05, 0.1) is 11.4 Å². The molecule has 29 heavy (non-hydrogen) atoms. The number of rotatable bonds is 7. The molecule has 6 nitrogen and oxygen atoms in total. The summed E-state index contributed by atoms with van der Waals surface area (Å²) in [7, 11) is -3.65. The van der Waals surface area contributed by atoms with Gasteiger partial charge in [-0.25, -0.2) is 12.8 Å². The van der Waals surface area contributed by atoms with E-state index < -0.39 is 15.8 Å². The van der Waals surface area contributed by atoms with E-state index in [9.17, 15) is 17.6 Å². The van der Waals surface area contributed by atoms with Gasteiger partial charge in [0.15, 0.2) is 5.78 Å². The third-order valence-electron chi connectivity index (χ3n) is 5.47. The molecule has 0 amide bonds. The number of benzene rings is 1. The standard InChI is InChI=1S/C21H28FN3O3S/c1-4-9-25-16(2)14-20(17(25)3)21(26)15-23-10-12-24(13-11-23)29(27,28)19-7-5-18(22)6-8-19/h5-8,14H,4,9-13,15H2,1-3H3. The number of Topliss-reactive ketones (excluding diaryl/α,β-unsaturated/α-hetero) is 1. The Morgan fingerprint density at radius 2 is 1.69 bits per heavy atom. The topological polar surface area (TPSA) is 62.6 Å². The molecular weight excluding hydrogens is 393 g/mol. The predicted molar refractivity (Wildman–Crippen MR) is 110 cm³/mol. The van der Waals surface area contributed by atoms with Gasteiger partial charge < -0.3 is 4.57 Å². The zero-order valence-electron chi connectivity index (χ0n) is 17.2. The van der Waals surface area contributed by atoms with Crippen LogP contribution in [0.2, 0.25) is 0 Å². The number of aryl methyl sites for hydroxylation is 1. The summed E-state index contributed by atoms with van der Waals surface area (Å²) in [6.45, 7) is 8.86. The maximum absolute atomic E-state index is 13.1. The predicted octanol–water partition coefficient (Wildman–Crippen LogP) is 2.84. The Hall–Kier alpha value is -2.03. The molecule has 0 saturated carbocycles. The first-order chi connectivity index (χ1) is 13.7. The number of aromatic nitrogens is 1. The molecule has 1 aliphatic heterocycles. The SMILES string of the molecule is CCCn1c(C)cc(C(=O)CN2CCN(S(=O)(=O)c3ccc(F)cc3)CC2)c1C. The molecule has 0 spiro atoms. The van der Waals surface area contributed by atoms with Crippen molar-refractivity contribution in [2.45, 2.75) is 38.6 Å². The van der Waals surface area contributed by atoms with E-state index in [4.69, 9.17) is 0 Å². The maximum Gasteiger partial charge on any atom is 0.243 e. The summed E-state index contributed by atoms with van der Waals surface area (Å²) < 4.78 is 42.1. The summed E-state index contributed by atoms with van der Waals surface area (Å²) in [5.41, 5.74) is 2.83. The highest BCUT2D eigenvalue weighted by Gasteiger charge is 2.29. The van der Waals surface area contributed by atoms with Gasteiger partial charge >= 0.3 is 0 Å². The minimum Gasteiger partial charge on any atom is -0.348 e. The zero-order chi connectivity index (χ0) is 21.2. The van der Waals surface area contributed by atoms with Crippen LogP contribution in [-0.4, -0.2) is 60.7 Å². The molecule has 1 fully saturated rings. The smallest absolute Gasteiger partial charge is 0.243 e. The van der Waals surface area contributed by atoms with Gasteiger partial charge in [0.2, 0.25) is 10.0 Å². The van der Waals surface area contributed by atoms with Gasteiger partial charge in [0.1, 0.15) is 5.82 Å². The average molecular weight is 422 g/mol. The van der Waals surface area contributed by atoms with E-state index in [1.165, 1.54) is 16.4 Å². The van der Waals surface area contributed by atoms with Crippen LogP contribution >= 0.6 is 0 Å². The van der Waals surface area contributed by atoms with Gasteiger partial charge in [-0.2, -0.15) is 4.31 Å². The molecule has 1 aromatic carbocycles. The van der Waals surface area contributed by atoms with Gasteiger partial charge in [0.25, 0.3) is 0 Å². The molecule has 1 aromatic heterocycles. The van der Waals surface area contributed by atoms with Gasteiger partial charge in [-0.05, 0) is 50.6 Å². The van der Waals surface area contributed by atoms with Crippen LogP contribution < -0.4 is 0 Å². The monoisotopic (exact) mass is 421 g/mol. The Balaban J connectivity index is 1.62. The van der Waals surface area contributed by atoms with E-state index in [-0.39, 0.29) is 17.2 Å². The largest absolute Gasteiger partial charge is 0.348 e. The van der Waals surface area contributed by atoms with Gasteiger partial charge in [-0.3, -0.25) is 9.69 Å². The molecular formula is C21H28FN3O3S. The average Bonchev–Trinajstić information content (AvgIpc) is 2.97. The van der Waals surface area contributed by atoms with Crippen molar-refractivity contribution in [3.63, 3.8) is 0 Å². The summed E-state index contributed by atoms with van der Waals surface area (Å²) in [6.07, 6.45) is 1.01. The first-order valence-corrected chi connectivity index (χ1v) is 11.4. The van der Waals surface area contributed by atoms with E-state index in [2.05, 4.69) is 11.5 Å². The van der Waals surface area contributed by atoms with Crippen molar-refractivity contribution >= 4 is 15.8 Å². The van der Waals surface area contributed by atoms with Crippen LogP contribution in [0.25, 0.3) is 0 Å². The molecule has 3 rings (SSSR count). The van der Waals surface area contributed by atoms with E-state index in [1.54, 1.807) is 0 Å². The van der Waals surface area contributed by atoms with Gasteiger partial charge in [0, 0.05) is 49.7 Å². The third kappa shape index (κ3) is 4.60. The lowest BCUT2D eigenvalue weighted by Gasteiger charge is -2.33. The molecule has 0 N–H and O–H groups in total. The highest BCUT2D eigenvalue weighted by atomic mass is 32.2. The fraction of sp³-hybridized carbons (Fsp3) is 0.476. The number of ketones is 1. The fourth-order valence-corrected chi connectivity index (χ4v) is 5.25. The fourth-order valence-electron chi connectivity index (χ4n) is 3.82. The lowest BCUT2D eigenvalue weighted by atomic mass is 10.1. The molecule has 0 unspecified atom stereocenters. The summed E-state index contributed by atoms with van der Waals surface area (Å²) in [5, 5.41) is 0. The van der Waals surface area contributed by atoms with Crippen molar-refractivity contribution in [1.29, 1.82) is 0 Å².